The van der Waals surface area contributed by atoms with Crippen LogP contribution in [0.4, 0.5) is 34.1 Å². The molecule has 348 valence electrons. The van der Waals surface area contributed by atoms with Gasteiger partial charge in [-0.15, -0.1) is 10.2 Å². The molecule has 1 heterocycles. The van der Waals surface area contributed by atoms with Crippen LogP contribution in [-0.2, 0) is 29.8 Å². The zero-order valence-electron chi connectivity index (χ0n) is 34.7. The minimum atomic E-state index is -5.04. The van der Waals surface area contributed by atoms with Gasteiger partial charge in [0.1, 0.15) is 38.3 Å². The Hall–Kier alpha value is -9.23. The predicted octanol–water partition coefficient (Wildman–Crippen LogP) is 8.53. The first kappa shape index (κ1) is 47.7. The van der Waals surface area contributed by atoms with Crippen molar-refractivity contribution in [3.63, 3.8) is 0 Å². The zero-order chi connectivity index (χ0) is 49.8. The fourth-order valence-corrected chi connectivity index (χ4v) is 7.75. The molecule has 7 rings (SSSR count). The molecule has 0 bridgehead atoms. The fraction of sp³-hybridized carbons (Fsp3) is 0. The first-order valence-electron chi connectivity index (χ1n) is 19.4. The highest BCUT2D eigenvalue weighted by Crippen LogP contribution is 2.43. The number of carbonyl (C=O) groups is 4. The number of hydrogen-bond donors (Lipinski definition) is 9. The third kappa shape index (κ3) is 11.4. The standard InChI is InChI=1S/C45H31N7O15S2/c53-31-21-34(44(60)46-29-11-13-32-25(17-29)19-36(68(62,63)64)40(42(32)58)51-49-27-7-1-23(2-8-27)5-15-38(54)55)48-35(22-31)45(61)47-30-12-14-33-26(18-30)20-37(69(65,66)67)41(43(33)59)52-50-28-9-3-24(4-10-28)6-16-39(56)57/h1-22,58-59H,(H,46,60)(H,47,61)(H,48,53)(H,54,55)(H,56,57)(H,62,63,64)(H,65,66,67). The monoisotopic (exact) mass is 973 g/mol. The van der Waals surface area contributed by atoms with E-state index in [4.69, 9.17) is 10.2 Å². The lowest BCUT2D eigenvalue weighted by atomic mass is 10.1. The molecule has 0 unspecified atom stereocenters. The Balaban J connectivity index is 1.10. The van der Waals surface area contributed by atoms with Crippen molar-refractivity contribution < 1.29 is 70.7 Å². The highest BCUT2D eigenvalue weighted by molar-refractivity contribution is 7.86. The van der Waals surface area contributed by atoms with Gasteiger partial charge in [0.2, 0.25) is 0 Å². The number of aromatic hydroxyl groups is 3. The summed E-state index contributed by atoms with van der Waals surface area (Å²) in [6, 6.07) is 23.3. The number of benzene rings is 6. The van der Waals surface area contributed by atoms with E-state index in [1.165, 1.54) is 97.1 Å². The van der Waals surface area contributed by atoms with E-state index >= 15 is 0 Å². The van der Waals surface area contributed by atoms with Crippen LogP contribution in [-0.4, -0.2) is 80.2 Å². The molecule has 6 aromatic carbocycles. The summed E-state index contributed by atoms with van der Waals surface area (Å²) in [6.07, 6.45) is 4.50. The number of phenolic OH excluding ortho intramolecular Hbond substituents is 2. The average Bonchev–Trinajstić information content (AvgIpc) is 3.29. The summed E-state index contributed by atoms with van der Waals surface area (Å²) in [6.45, 7) is 0. The Bertz CT molecular complexity index is 3400. The molecule has 0 fully saturated rings. The second-order valence-electron chi connectivity index (χ2n) is 14.4. The van der Waals surface area contributed by atoms with E-state index < -0.39 is 93.8 Å². The molecule has 0 saturated carbocycles. The van der Waals surface area contributed by atoms with Crippen molar-refractivity contribution in [1.82, 2.24) is 4.98 Å². The Kier molecular flexibility index (Phi) is 13.4. The number of carboxylic acids is 2. The maximum absolute atomic E-state index is 13.4. The molecule has 0 radical (unpaired) electrons. The normalized spacial score (nSPS) is 12.1. The van der Waals surface area contributed by atoms with Gasteiger partial charge in [0.05, 0.1) is 11.4 Å². The molecule has 0 aliphatic rings. The Morgan fingerprint density at radius 3 is 1.23 bits per heavy atom. The summed E-state index contributed by atoms with van der Waals surface area (Å²) < 4.78 is 69.8. The molecule has 22 nitrogen and oxygen atoms in total. The molecule has 9 N–H and O–H groups in total. The number of azo groups is 2. The predicted molar refractivity (Wildman–Crippen MR) is 247 cm³/mol. The van der Waals surface area contributed by atoms with Crippen molar-refractivity contribution >= 4 is 112 Å². The number of nitrogens with one attached hydrogen (secondary N) is 2. The number of pyridine rings is 1. The maximum Gasteiger partial charge on any atom is 0.328 e. The number of hydrogen-bond acceptors (Lipinski definition) is 16. The van der Waals surface area contributed by atoms with Gasteiger partial charge in [-0.2, -0.15) is 27.1 Å². The van der Waals surface area contributed by atoms with E-state index in [2.05, 4.69) is 36.1 Å². The minimum Gasteiger partial charge on any atom is -0.508 e. The number of carbonyl (C=O) groups excluding carboxylic acids is 2. The number of nitrogens with zero attached hydrogens (tertiary/aromatic N) is 5. The first-order valence-corrected chi connectivity index (χ1v) is 22.2. The molecule has 0 spiro atoms. The first-order chi connectivity index (χ1) is 32.6. The van der Waals surface area contributed by atoms with E-state index in [1.54, 1.807) is 0 Å². The third-order valence-electron chi connectivity index (χ3n) is 9.60. The van der Waals surface area contributed by atoms with Gasteiger partial charge in [0.25, 0.3) is 32.1 Å². The topological polar surface area (TPSA) is 365 Å². The van der Waals surface area contributed by atoms with Crippen molar-refractivity contribution in [2.75, 3.05) is 10.6 Å². The van der Waals surface area contributed by atoms with Gasteiger partial charge >= 0.3 is 11.9 Å². The number of rotatable bonds is 14. The van der Waals surface area contributed by atoms with Gasteiger partial charge in [-0.05, 0) is 107 Å². The SMILES string of the molecule is O=C(O)C=Cc1ccc(N=Nc2c(S(=O)(=O)O)cc3cc(NC(=O)c4cc(O)cc(C(=O)Nc5ccc6c(O)c(N=Nc7ccc(C=CC(=O)O)cc7)c(S(=O)(=O)O)cc6c5)n4)ccc3c2O)cc1. The van der Waals surface area contributed by atoms with Gasteiger partial charge in [0.15, 0.2) is 11.5 Å². The van der Waals surface area contributed by atoms with Crippen molar-refractivity contribution in [1.29, 1.82) is 0 Å². The van der Waals surface area contributed by atoms with E-state index in [-0.39, 0.29) is 44.3 Å². The van der Waals surface area contributed by atoms with Gasteiger partial charge in [0, 0.05) is 46.4 Å². The number of amides is 2. The summed E-state index contributed by atoms with van der Waals surface area (Å²) >= 11 is 0. The van der Waals surface area contributed by atoms with Crippen LogP contribution in [0, 0.1) is 0 Å². The van der Waals surface area contributed by atoms with E-state index in [0.717, 1.165) is 36.4 Å². The molecule has 7 aromatic rings. The summed E-state index contributed by atoms with van der Waals surface area (Å²) in [5, 5.41) is 70.9. The average molecular weight is 974 g/mol. The van der Waals surface area contributed by atoms with Crippen LogP contribution >= 0.6 is 0 Å². The lowest BCUT2D eigenvalue weighted by molar-refractivity contribution is -0.132. The maximum atomic E-state index is 13.4. The molecule has 1 aromatic heterocycles. The number of fused-ring (bicyclic) bond motifs is 2. The second kappa shape index (κ2) is 19.3. The van der Waals surface area contributed by atoms with Crippen LogP contribution in [0.1, 0.15) is 32.1 Å². The molecule has 2 amide bonds. The van der Waals surface area contributed by atoms with Gasteiger partial charge in [-0.3, -0.25) is 18.7 Å². The summed E-state index contributed by atoms with van der Waals surface area (Å²) in [5.41, 5.74) is -0.779. The second-order valence-corrected chi connectivity index (χ2v) is 17.2. The number of aromatic nitrogens is 1. The Morgan fingerprint density at radius 2 is 0.884 bits per heavy atom. The highest BCUT2D eigenvalue weighted by atomic mass is 32.2. The van der Waals surface area contributed by atoms with Crippen LogP contribution in [0.5, 0.6) is 17.2 Å². The summed E-state index contributed by atoms with van der Waals surface area (Å²) in [4.78, 5) is 50.7. The molecule has 24 heteroatoms. The van der Waals surface area contributed by atoms with Crippen LogP contribution in [0.2, 0.25) is 0 Å². The summed E-state index contributed by atoms with van der Waals surface area (Å²) in [5.74, 6) is -6.21. The quantitative estimate of drug-likeness (QED) is 0.0280. The van der Waals surface area contributed by atoms with Crippen molar-refractivity contribution in [2.24, 2.45) is 20.5 Å². The number of carboxylic acid groups (broad SMARTS) is 2. The summed E-state index contributed by atoms with van der Waals surface area (Å²) in [7, 11) is -10.1. The highest BCUT2D eigenvalue weighted by Gasteiger charge is 2.25. The van der Waals surface area contributed by atoms with Gasteiger partial charge in [-0.1, -0.05) is 24.3 Å². The van der Waals surface area contributed by atoms with E-state index in [0.29, 0.717) is 11.1 Å². The Morgan fingerprint density at radius 1 is 0.507 bits per heavy atom. The number of aliphatic carboxylic acids is 2. The third-order valence-corrected chi connectivity index (χ3v) is 11.3. The van der Waals surface area contributed by atoms with Gasteiger partial charge < -0.3 is 36.2 Å². The van der Waals surface area contributed by atoms with E-state index in [9.17, 15) is 60.4 Å². The molecule has 0 saturated heterocycles. The number of anilines is 2. The molecular formula is C45H31N7O15S2. The zero-order valence-corrected chi connectivity index (χ0v) is 36.3. The lowest BCUT2D eigenvalue weighted by Gasteiger charge is -2.12. The Labute approximate surface area is 388 Å². The molecule has 69 heavy (non-hydrogen) atoms. The van der Waals surface area contributed by atoms with E-state index in [1.807, 2.05) is 0 Å². The molecule has 0 aliphatic carbocycles. The minimum absolute atomic E-state index is 0.000380. The fourth-order valence-electron chi connectivity index (χ4n) is 6.44. The smallest absolute Gasteiger partial charge is 0.328 e. The largest absolute Gasteiger partial charge is 0.508 e. The van der Waals surface area contributed by atoms with Crippen LogP contribution in [0.25, 0.3) is 33.7 Å². The lowest BCUT2D eigenvalue weighted by Crippen LogP contribution is -2.18. The molecule has 0 aliphatic heterocycles. The van der Waals surface area contributed by atoms with Crippen LogP contribution in [0.3, 0.4) is 0 Å². The van der Waals surface area contributed by atoms with Crippen molar-refractivity contribution in [3.8, 4) is 17.2 Å². The molecule has 0 atom stereocenters. The van der Waals surface area contributed by atoms with Crippen molar-refractivity contribution in [3.05, 3.63) is 144 Å². The van der Waals surface area contributed by atoms with Gasteiger partial charge in [-0.25, -0.2) is 14.6 Å². The number of phenols is 2. The van der Waals surface area contributed by atoms with Crippen LogP contribution < -0.4 is 10.6 Å². The van der Waals surface area contributed by atoms with Crippen molar-refractivity contribution in [2.45, 2.75) is 9.79 Å². The van der Waals surface area contributed by atoms with Crippen LogP contribution in [0.15, 0.2) is 152 Å². The molecular weight excluding hydrogens is 943 g/mol.